The first-order valence-corrected chi connectivity index (χ1v) is 12.3. The van der Waals surface area contributed by atoms with Gasteiger partial charge in [0.15, 0.2) is 17.4 Å². The van der Waals surface area contributed by atoms with E-state index in [1.165, 1.54) is 10.6 Å². The highest BCUT2D eigenvalue weighted by Crippen LogP contribution is 2.37. The maximum absolute atomic E-state index is 12.2. The lowest BCUT2D eigenvalue weighted by molar-refractivity contribution is 0.356. The molecule has 0 bridgehead atoms. The van der Waals surface area contributed by atoms with E-state index in [0.29, 0.717) is 59.2 Å². The number of hydrogen-bond acceptors (Lipinski definition) is 7. The monoisotopic (exact) mass is 474 g/mol. The van der Waals surface area contributed by atoms with Gasteiger partial charge >= 0.3 is 0 Å². The van der Waals surface area contributed by atoms with Crippen molar-refractivity contribution in [3.05, 3.63) is 42.0 Å². The van der Waals surface area contributed by atoms with Gasteiger partial charge in [-0.1, -0.05) is 6.92 Å². The number of likely N-dealkylation sites (N-methyl/N-ethyl adjacent to an activating group) is 1. The highest BCUT2D eigenvalue weighted by Gasteiger charge is 2.19. The number of ether oxygens (including phenoxy) is 2. The van der Waals surface area contributed by atoms with Crippen LogP contribution in [0.2, 0.25) is 0 Å². The van der Waals surface area contributed by atoms with Crippen LogP contribution in [-0.2, 0) is 10.0 Å². The number of sulfonamides is 1. The predicted molar refractivity (Wildman–Crippen MR) is 132 cm³/mol. The van der Waals surface area contributed by atoms with Crippen LogP contribution in [0.3, 0.4) is 0 Å². The van der Waals surface area contributed by atoms with E-state index in [4.69, 9.17) is 14.5 Å². The van der Waals surface area contributed by atoms with Crippen molar-refractivity contribution in [2.24, 2.45) is 4.99 Å². The Kier molecular flexibility index (Phi) is 7.50. The van der Waals surface area contributed by atoms with Crippen molar-refractivity contribution < 1.29 is 23.0 Å². The second-order valence-corrected chi connectivity index (χ2v) is 9.38. The first kappa shape index (κ1) is 24.4. The molecule has 1 heterocycles. The molecule has 0 aliphatic carbocycles. The molecule has 0 radical (unpaired) electrons. The van der Waals surface area contributed by atoms with E-state index in [1.54, 1.807) is 57.7 Å². The second kappa shape index (κ2) is 10.1. The van der Waals surface area contributed by atoms with Gasteiger partial charge in [-0.2, -0.15) is 0 Å². The van der Waals surface area contributed by atoms with Crippen LogP contribution in [-0.4, -0.2) is 64.8 Å². The van der Waals surface area contributed by atoms with Crippen molar-refractivity contribution in [1.29, 1.82) is 0 Å². The molecule has 33 heavy (non-hydrogen) atoms. The van der Waals surface area contributed by atoms with Gasteiger partial charge in [-0.3, -0.25) is 9.30 Å². The zero-order valence-corrected chi connectivity index (χ0v) is 20.3. The van der Waals surface area contributed by atoms with Gasteiger partial charge in [0.05, 0.1) is 48.6 Å². The molecule has 0 unspecified atom stereocenters. The molecule has 0 amide bonds. The quantitative estimate of drug-likeness (QED) is 0.388. The Morgan fingerprint density at radius 3 is 2.33 bits per heavy atom. The van der Waals surface area contributed by atoms with Crippen LogP contribution in [0.1, 0.15) is 18.9 Å². The predicted octanol–water partition coefficient (Wildman–Crippen LogP) is 3.41. The third-order valence-electron chi connectivity index (χ3n) is 5.27. The summed E-state index contributed by atoms with van der Waals surface area (Å²) < 4.78 is 36.5. The summed E-state index contributed by atoms with van der Waals surface area (Å²) in [5.41, 5.74) is 3.17. The van der Waals surface area contributed by atoms with Crippen LogP contribution < -0.4 is 19.1 Å². The van der Waals surface area contributed by atoms with Crippen LogP contribution in [0.5, 0.6) is 17.4 Å². The molecular formula is C23H30N4O5S. The van der Waals surface area contributed by atoms with Crippen molar-refractivity contribution >= 4 is 38.0 Å². The number of H-pyrrole nitrogens is 1. The number of aromatic hydroxyl groups is 1. The van der Waals surface area contributed by atoms with Crippen LogP contribution in [0.15, 0.2) is 41.4 Å². The molecule has 0 aliphatic rings. The van der Waals surface area contributed by atoms with Gasteiger partial charge in [-0.25, -0.2) is 8.42 Å². The van der Waals surface area contributed by atoms with Crippen LogP contribution in [0.25, 0.3) is 10.9 Å². The Morgan fingerprint density at radius 1 is 1.15 bits per heavy atom. The summed E-state index contributed by atoms with van der Waals surface area (Å²) >= 11 is 0. The van der Waals surface area contributed by atoms with E-state index in [9.17, 15) is 13.5 Å². The maximum Gasteiger partial charge on any atom is 0.232 e. The fourth-order valence-electron chi connectivity index (χ4n) is 3.66. The number of aliphatic imine (C=N–C) groups is 1. The fraction of sp³-hybridized carbons (Fsp3) is 0.348. The number of nitrogens with zero attached hydrogens (tertiary/aromatic N) is 2. The molecular weight excluding hydrogens is 444 g/mol. The Labute approximate surface area is 194 Å². The number of aromatic nitrogens is 1. The number of methoxy groups -OCH3 is 2. The van der Waals surface area contributed by atoms with E-state index >= 15 is 0 Å². The molecule has 3 aromatic rings. The topological polar surface area (TPSA) is 116 Å². The summed E-state index contributed by atoms with van der Waals surface area (Å²) in [6.07, 6.45) is 1.75. The second-order valence-electron chi connectivity index (χ2n) is 7.47. The molecule has 3 rings (SSSR count). The molecule has 0 fully saturated rings. The van der Waals surface area contributed by atoms with E-state index in [0.717, 1.165) is 5.39 Å². The first-order valence-electron chi connectivity index (χ1n) is 10.5. The molecule has 0 aliphatic heterocycles. The lowest BCUT2D eigenvalue weighted by Gasteiger charge is -2.22. The third kappa shape index (κ3) is 5.23. The van der Waals surface area contributed by atoms with Crippen molar-refractivity contribution in [3.63, 3.8) is 0 Å². The summed E-state index contributed by atoms with van der Waals surface area (Å²) in [5.74, 6) is 1.11. The zero-order chi connectivity index (χ0) is 24.2. The number of anilines is 1. The lowest BCUT2D eigenvalue weighted by Crippen LogP contribution is -2.35. The number of hydrogen-bond donors (Lipinski definition) is 3. The number of benzene rings is 2. The van der Waals surface area contributed by atoms with E-state index < -0.39 is 10.0 Å². The molecule has 2 aromatic carbocycles. The van der Waals surface area contributed by atoms with Gasteiger partial charge in [-0.05, 0) is 43.8 Å². The van der Waals surface area contributed by atoms with Gasteiger partial charge in [0.2, 0.25) is 10.0 Å². The normalized spacial score (nSPS) is 12.2. The Hall–Kier alpha value is -3.24. The molecule has 1 aromatic heterocycles. The largest absolute Gasteiger partial charge is 0.494 e. The minimum atomic E-state index is -3.41. The molecule has 178 valence electrons. The summed E-state index contributed by atoms with van der Waals surface area (Å²) in [4.78, 5) is 7.71. The molecule has 0 saturated heterocycles. The number of aromatic amines is 1. The highest BCUT2D eigenvalue weighted by molar-refractivity contribution is 7.92. The average molecular weight is 475 g/mol. The zero-order valence-electron chi connectivity index (χ0n) is 19.5. The Bertz CT molecular complexity index is 1250. The van der Waals surface area contributed by atoms with Crippen molar-refractivity contribution in [1.82, 2.24) is 10.3 Å². The van der Waals surface area contributed by atoms with Gasteiger partial charge in [0, 0.05) is 24.5 Å². The average Bonchev–Trinajstić information content (AvgIpc) is 3.11. The molecule has 10 heteroatoms. The van der Waals surface area contributed by atoms with Crippen molar-refractivity contribution in [2.45, 2.75) is 13.3 Å². The summed E-state index contributed by atoms with van der Waals surface area (Å²) in [5, 5.41) is 14.4. The van der Waals surface area contributed by atoms with Crippen LogP contribution >= 0.6 is 0 Å². The summed E-state index contributed by atoms with van der Waals surface area (Å²) in [7, 11) is 1.48. The van der Waals surface area contributed by atoms with E-state index in [1.807, 2.05) is 6.92 Å². The summed E-state index contributed by atoms with van der Waals surface area (Å²) in [6.45, 7) is 2.81. The van der Waals surface area contributed by atoms with Gasteiger partial charge in [-0.15, -0.1) is 0 Å². The van der Waals surface area contributed by atoms with E-state index in [2.05, 4.69) is 10.3 Å². The molecule has 3 N–H and O–H groups in total. The van der Waals surface area contributed by atoms with Gasteiger partial charge in [0.25, 0.3) is 0 Å². The SMILES string of the molecule is CCC(=Nc1ccc(N(CCNC)S(C)(=O)=O)cc1)c1c(O)[nH]c2cc(OC)c(OC)cc12. The first-order chi connectivity index (χ1) is 15.7. The molecule has 0 atom stereocenters. The standard InChI is InChI=1S/C23H30N4O5S/c1-6-18(22-17-13-20(31-3)21(32-4)14-19(17)26-23(22)28)25-15-7-9-16(10-8-15)27(12-11-24-2)33(5,29)30/h7-10,13-14,24,26,28H,6,11-12H2,1-5H3. The van der Waals surface area contributed by atoms with Crippen LogP contribution in [0, 0.1) is 0 Å². The highest BCUT2D eigenvalue weighted by atomic mass is 32.2. The fourth-order valence-corrected chi connectivity index (χ4v) is 4.59. The number of fused-ring (bicyclic) bond motifs is 1. The lowest BCUT2D eigenvalue weighted by atomic mass is 10.1. The Balaban J connectivity index is 2.02. The van der Waals surface area contributed by atoms with Gasteiger partial charge in [0.1, 0.15) is 0 Å². The summed E-state index contributed by atoms with van der Waals surface area (Å²) in [6, 6.07) is 10.6. The number of nitrogens with one attached hydrogen (secondary N) is 2. The van der Waals surface area contributed by atoms with Crippen LogP contribution in [0.4, 0.5) is 11.4 Å². The smallest absolute Gasteiger partial charge is 0.232 e. The third-order valence-corrected chi connectivity index (χ3v) is 6.47. The molecule has 0 spiro atoms. The van der Waals surface area contributed by atoms with E-state index in [-0.39, 0.29) is 5.88 Å². The molecule has 0 saturated carbocycles. The van der Waals surface area contributed by atoms with Crippen molar-refractivity contribution in [3.8, 4) is 17.4 Å². The number of rotatable bonds is 10. The Morgan fingerprint density at radius 2 is 1.79 bits per heavy atom. The maximum atomic E-state index is 12.2. The van der Waals surface area contributed by atoms with Gasteiger partial charge < -0.3 is 24.9 Å². The van der Waals surface area contributed by atoms with Crippen molar-refractivity contribution in [2.75, 3.05) is 44.9 Å². The minimum Gasteiger partial charge on any atom is -0.494 e. The molecule has 9 nitrogen and oxygen atoms in total. The minimum absolute atomic E-state index is 0.00726.